The topological polar surface area (TPSA) is 46.9 Å². The van der Waals surface area contributed by atoms with Gasteiger partial charge in [0.1, 0.15) is 0 Å². The normalized spacial score (nSPS) is 16.4. The SMILES string of the molecule is CCCCN(CCCC)C(C)CN(CC(C)O)CC(C)O. The highest BCUT2D eigenvalue weighted by atomic mass is 16.3. The van der Waals surface area contributed by atoms with Crippen molar-refractivity contribution in [3.05, 3.63) is 0 Å². The molecule has 21 heavy (non-hydrogen) atoms. The van der Waals surface area contributed by atoms with Crippen LogP contribution in [-0.4, -0.2) is 71.0 Å². The van der Waals surface area contributed by atoms with Gasteiger partial charge in [-0.05, 0) is 46.7 Å². The summed E-state index contributed by atoms with van der Waals surface area (Å²) >= 11 is 0. The number of rotatable bonds is 13. The van der Waals surface area contributed by atoms with Gasteiger partial charge in [0.25, 0.3) is 0 Å². The minimum Gasteiger partial charge on any atom is -0.392 e. The average Bonchev–Trinajstić information content (AvgIpc) is 2.37. The van der Waals surface area contributed by atoms with Gasteiger partial charge in [0.05, 0.1) is 12.2 Å². The van der Waals surface area contributed by atoms with Crippen molar-refractivity contribution in [2.24, 2.45) is 0 Å². The molecule has 0 radical (unpaired) electrons. The molecular formula is C17H38N2O2. The van der Waals surface area contributed by atoms with Crippen molar-refractivity contribution < 1.29 is 10.2 Å². The molecular weight excluding hydrogens is 264 g/mol. The maximum Gasteiger partial charge on any atom is 0.0639 e. The van der Waals surface area contributed by atoms with Crippen LogP contribution in [0.1, 0.15) is 60.3 Å². The van der Waals surface area contributed by atoms with Crippen LogP contribution in [0.4, 0.5) is 0 Å². The summed E-state index contributed by atoms with van der Waals surface area (Å²) in [5, 5.41) is 19.3. The number of hydrogen-bond donors (Lipinski definition) is 2. The second-order valence-corrected chi connectivity index (χ2v) is 6.51. The van der Waals surface area contributed by atoms with Gasteiger partial charge in [-0.2, -0.15) is 0 Å². The van der Waals surface area contributed by atoms with Gasteiger partial charge in [-0.3, -0.25) is 9.80 Å². The first-order chi connectivity index (χ1) is 9.90. The van der Waals surface area contributed by atoms with Crippen LogP contribution in [0.15, 0.2) is 0 Å². The monoisotopic (exact) mass is 302 g/mol. The lowest BCUT2D eigenvalue weighted by molar-refractivity contribution is 0.0617. The highest BCUT2D eigenvalue weighted by molar-refractivity contribution is 4.74. The summed E-state index contributed by atoms with van der Waals surface area (Å²) in [6.45, 7) is 14.8. The summed E-state index contributed by atoms with van der Waals surface area (Å²) in [5.74, 6) is 0. The molecule has 0 rings (SSSR count). The molecule has 0 spiro atoms. The second kappa shape index (κ2) is 12.4. The van der Waals surface area contributed by atoms with Gasteiger partial charge in [-0.1, -0.05) is 26.7 Å². The fraction of sp³-hybridized carbons (Fsp3) is 1.00. The molecule has 0 bridgehead atoms. The van der Waals surface area contributed by atoms with Gasteiger partial charge in [-0.15, -0.1) is 0 Å². The van der Waals surface area contributed by atoms with E-state index in [0.717, 1.165) is 19.6 Å². The Morgan fingerprint density at radius 2 is 1.19 bits per heavy atom. The molecule has 0 aliphatic rings. The first-order valence-electron chi connectivity index (χ1n) is 8.73. The van der Waals surface area contributed by atoms with E-state index < -0.39 is 0 Å². The van der Waals surface area contributed by atoms with Crippen molar-refractivity contribution in [2.75, 3.05) is 32.7 Å². The number of aliphatic hydroxyl groups excluding tert-OH is 2. The van der Waals surface area contributed by atoms with Crippen molar-refractivity contribution in [1.29, 1.82) is 0 Å². The first-order valence-corrected chi connectivity index (χ1v) is 8.73. The highest BCUT2D eigenvalue weighted by Gasteiger charge is 2.18. The third kappa shape index (κ3) is 11.1. The van der Waals surface area contributed by atoms with Crippen molar-refractivity contribution >= 4 is 0 Å². The Hall–Kier alpha value is -0.160. The Labute approximate surface area is 132 Å². The van der Waals surface area contributed by atoms with E-state index in [1.54, 1.807) is 0 Å². The molecule has 3 atom stereocenters. The molecule has 0 aliphatic carbocycles. The predicted octanol–water partition coefficient (Wildman–Crippen LogP) is 2.34. The van der Waals surface area contributed by atoms with Crippen LogP contribution in [0.3, 0.4) is 0 Å². The standard InChI is InChI=1S/C17H38N2O2/c1-6-8-10-19(11-9-7-2)15(3)12-18(13-16(4)20)14-17(5)21/h15-17,20-21H,6-14H2,1-5H3. The molecule has 4 nitrogen and oxygen atoms in total. The molecule has 4 heteroatoms. The van der Waals surface area contributed by atoms with E-state index in [4.69, 9.17) is 0 Å². The smallest absolute Gasteiger partial charge is 0.0639 e. The molecule has 0 heterocycles. The zero-order chi connectivity index (χ0) is 16.3. The third-order valence-electron chi connectivity index (χ3n) is 3.79. The van der Waals surface area contributed by atoms with Crippen LogP contribution in [-0.2, 0) is 0 Å². The van der Waals surface area contributed by atoms with Crippen LogP contribution in [0, 0.1) is 0 Å². The molecule has 128 valence electrons. The predicted molar refractivity (Wildman–Crippen MR) is 90.7 cm³/mol. The molecule has 0 aliphatic heterocycles. The van der Waals surface area contributed by atoms with Gasteiger partial charge in [0.2, 0.25) is 0 Å². The summed E-state index contributed by atoms with van der Waals surface area (Å²) in [7, 11) is 0. The lowest BCUT2D eigenvalue weighted by Gasteiger charge is -2.34. The van der Waals surface area contributed by atoms with E-state index >= 15 is 0 Å². The Bertz CT molecular complexity index is 217. The molecule has 0 aromatic rings. The van der Waals surface area contributed by atoms with Gasteiger partial charge in [0, 0.05) is 25.7 Å². The number of aliphatic hydroxyl groups is 2. The second-order valence-electron chi connectivity index (χ2n) is 6.51. The minimum absolute atomic E-state index is 0.351. The van der Waals surface area contributed by atoms with E-state index in [0.29, 0.717) is 19.1 Å². The summed E-state index contributed by atoms with van der Waals surface area (Å²) in [5.41, 5.74) is 0. The van der Waals surface area contributed by atoms with Crippen molar-refractivity contribution in [1.82, 2.24) is 9.80 Å². The zero-order valence-corrected chi connectivity index (χ0v) is 14.9. The summed E-state index contributed by atoms with van der Waals surface area (Å²) in [4.78, 5) is 4.75. The summed E-state index contributed by atoms with van der Waals surface area (Å²) < 4.78 is 0. The molecule has 0 saturated carbocycles. The quantitative estimate of drug-likeness (QED) is 0.548. The van der Waals surface area contributed by atoms with Crippen LogP contribution in [0.5, 0.6) is 0 Å². The summed E-state index contributed by atoms with van der Waals surface area (Å²) in [6.07, 6.45) is 4.22. The summed E-state index contributed by atoms with van der Waals surface area (Å²) in [6, 6.07) is 0.459. The third-order valence-corrected chi connectivity index (χ3v) is 3.79. The zero-order valence-electron chi connectivity index (χ0n) is 14.9. The van der Waals surface area contributed by atoms with Gasteiger partial charge < -0.3 is 10.2 Å². The van der Waals surface area contributed by atoms with E-state index in [2.05, 4.69) is 30.6 Å². The fourth-order valence-corrected chi connectivity index (χ4v) is 2.74. The van der Waals surface area contributed by atoms with Crippen molar-refractivity contribution in [2.45, 2.75) is 78.6 Å². The number of unbranched alkanes of at least 4 members (excludes halogenated alkanes) is 2. The van der Waals surface area contributed by atoms with E-state index in [-0.39, 0.29) is 12.2 Å². The molecule has 0 saturated heterocycles. The molecule has 0 fully saturated rings. The maximum absolute atomic E-state index is 9.63. The molecule has 2 N–H and O–H groups in total. The van der Waals surface area contributed by atoms with Gasteiger partial charge in [-0.25, -0.2) is 0 Å². The van der Waals surface area contributed by atoms with Crippen LogP contribution < -0.4 is 0 Å². The molecule has 0 amide bonds. The van der Waals surface area contributed by atoms with Gasteiger partial charge >= 0.3 is 0 Å². The first kappa shape index (κ1) is 20.8. The fourth-order valence-electron chi connectivity index (χ4n) is 2.74. The molecule has 0 aromatic heterocycles. The van der Waals surface area contributed by atoms with E-state index in [1.165, 1.54) is 25.7 Å². The van der Waals surface area contributed by atoms with Gasteiger partial charge in [0.15, 0.2) is 0 Å². The van der Waals surface area contributed by atoms with Crippen LogP contribution in [0.2, 0.25) is 0 Å². The minimum atomic E-state index is -0.351. The van der Waals surface area contributed by atoms with Crippen LogP contribution >= 0.6 is 0 Å². The Balaban J connectivity index is 4.50. The largest absolute Gasteiger partial charge is 0.392 e. The maximum atomic E-state index is 9.63. The Morgan fingerprint density at radius 3 is 1.52 bits per heavy atom. The lowest BCUT2D eigenvalue weighted by atomic mass is 10.2. The highest BCUT2D eigenvalue weighted by Crippen LogP contribution is 2.08. The number of hydrogen-bond acceptors (Lipinski definition) is 4. The van der Waals surface area contributed by atoms with Crippen molar-refractivity contribution in [3.8, 4) is 0 Å². The van der Waals surface area contributed by atoms with E-state index in [1.807, 2.05) is 13.8 Å². The average molecular weight is 303 g/mol. The lowest BCUT2D eigenvalue weighted by Crippen LogP contribution is -2.46. The van der Waals surface area contributed by atoms with E-state index in [9.17, 15) is 10.2 Å². The Kier molecular flexibility index (Phi) is 12.3. The molecule has 3 unspecified atom stereocenters. The Morgan fingerprint density at radius 1 is 0.762 bits per heavy atom. The van der Waals surface area contributed by atoms with Crippen molar-refractivity contribution in [3.63, 3.8) is 0 Å². The number of nitrogens with zero attached hydrogens (tertiary/aromatic N) is 2. The van der Waals surface area contributed by atoms with Crippen LogP contribution in [0.25, 0.3) is 0 Å². The molecule has 0 aromatic carbocycles.